The van der Waals surface area contributed by atoms with Gasteiger partial charge in [-0.1, -0.05) is 100 Å². The van der Waals surface area contributed by atoms with Gasteiger partial charge in [-0.2, -0.15) is 0 Å². The number of benzene rings is 6. The molecule has 8 rings (SSSR count). The Morgan fingerprint density at radius 3 is 1.25 bits per heavy atom. The predicted octanol–water partition coefficient (Wildman–Crippen LogP) is 9.97. The zero-order chi connectivity index (χ0) is 27.1. The molecule has 0 atom stereocenters. The smallest absolute Gasteiger partial charge is 0.109 e. The topological polar surface area (TPSA) is 57.4 Å². The highest BCUT2D eigenvalue weighted by atomic mass is 14.9. The summed E-state index contributed by atoms with van der Waals surface area (Å²) in [6.45, 7) is 8.74. The Morgan fingerprint density at radius 2 is 0.850 bits per heavy atom. The fourth-order valence-electron chi connectivity index (χ4n) is 6.29. The Morgan fingerprint density at radius 1 is 0.450 bits per heavy atom. The first-order valence-corrected chi connectivity index (χ1v) is 14.2. The van der Waals surface area contributed by atoms with E-state index in [9.17, 15) is 0 Å². The molecule has 2 heterocycles. The first-order chi connectivity index (χ1) is 19.5. The summed E-state index contributed by atoms with van der Waals surface area (Å²) in [5, 5.41) is 9.77. The molecule has 0 aliphatic carbocycles. The minimum absolute atomic E-state index is 0.339. The molecule has 4 heteroatoms. The predicted molar refractivity (Wildman–Crippen MR) is 169 cm³/mol. The highest BCUT2D eigenvalue weighted by molar-refractivity contribution is 6.25. The summed E-state index contributed by atoms with van der Waals surface area (Å²) >= 11 is 0. The molecule has 0 radical (unpaired) electrons. The summed E-state index contributed by atoms with van der Waals surface area (Å²) in [4.78, 5) is 17.3. The van der Waals surface area contributed by atoms with Gasteiger partial charge in [0.2, 0.25) is 0 Å². The third-order valence-corrected chi connectivity index (χ3v) is 8.39. The molecule has 0 bridgehead atoms. The first kappa shape index (κ1) is 23.2. The zero-order valence-electron chi connectivity index (χ0n) is 23.1. The highest BCUT2D eigenvalue weighted by Crippen LogP contribution is 2.39. The normalized spacial score (nSPS) is 12.4. The van der Waals surface area contributed by atoms with Crippen LogP contribution in [0.1, 0.15) is 51.2 Å². The molecule has 4 nitrogen and oxygen atoms in total. The van der Waals surface area contributed by atoms with Crippen molar-refractivity contribution in [2.45, 2.75) is 39.5 Å². The second-order valence-electron chi connectivity index (χ2n) is 11.6. The third kappa shape index (κ3) is 3.26. The van der Waals surface area contributed by atoms with Crippen molar-refractivity contribution in [3.8, 4) is 11.1 Å². The van der Waals surface area contributed by atoms with Gasteiger partial charge in [0.1, 0.15) is 11.6 Å². The van der Waals surface area contributed by atoms with Crippen LogP contribution in [0.25, 0.3) is 76.3 Å². The number of fused-ring (bicyclic) bond motifs is 12. The van der Waals surface area contributed by atoms with E-state index in [2.05, 4.69) is 123 Å². The van der Waals surface area contributed by atoms with Crippen LogP contribution in [0.15, 0.2) is 84.9 Å². The van der Waals surface area contributed by atoms with Crippen LogP contribution >= 0.6 is 0 Å². The van der Waals surface area contributed by atoms with Crippen molar-refractivity contribution in [3.05, 3.63) is 96.6 Å². The SMILES string of the molecule is CC(C)c1nc2c3ccccc3c3cc(-c4ccc5c(c4)c4ccccc4c4nc(C(C)C)[nH]c54)ccc3c2[nH]1. The lowest BCUT2D eigenvalue weighted by Crippen LogP contribution is -1.88. The van der Waals surface area contributed by atoms with E-state index in [4.69, 9.17) is 9.97 Å². The summed E-state index contributed by atoms with van der Waals surface area (Å²) in [6.07, 6.45) is 0. The van der Waals surface area contributed by atoms with E-state index in [0.29, 0.717) is 11.8 Å². The molecule has 0 spiro atoms. The van der Waals surface area contributed by atoms with E-state index in [1.165, 1.54) is 54.2 Å². The average molecular weight is 519 g/mol. The van der Waals surface area contributed by atoms with Crippen molar-refractivity contribution in [2.24, 2.45) is 0 Å². The molecule has 0 aliphatic heterocycles. The van der Waals surface area contributed by atoms with E-state index >= 15 is 0 Å². The number of nitrogens with zero attached hydrogens (tertiary/aromatic N) is 2. The van der Waals surface area contributed by atoms with E-state index < -0.39 is 0 Å². The van der Waals surface area contributed by atoms with Crippen LogP contribution in [0.3, 0.4) is 0 Å². The number of hydrogen-bond acceptors (Lipinski definition) is 2. The molecule has 0 aliphatic rings. The number of H-pyrrole nitrogens is 2. The fourth-order valence-corrected chi connectivity index (χ4v) is 6.29. The van der Waals surface area contributed by atoms with E-state index in [1.807, 2.05) is 0 Å². The molecule has 0 amide bonds. The van der Waals surface area contributed by atoms with Crippen molar-refractivity contribution < 1.29 is 0 Å². The Kier molecular flexibility index (Phi) is 4.87. The number of aromatic amines is 2. The van der Waals surface area contributed by atoms with Crippen LogP contribution in [0.4, 0.5) is 0 Å². The second kappa shape index (κ2) is 8.40. The highest BCUT2D eigenvalue weighted by Gasteiger charge is 2.17. The van der Waals surface area contributed by atoms with Gasteiger partial charge in [-0.3, -0.25) is 0 Å². The lowest BCUT2D eigenvalue weighted by atomic mass is 9.93. The maximum atomic E-state index is 5.01. The monoisotopic (exact) mass is 518 g/mol. The van der Waals surface area contributed by atoms with Crippen LogP contribution in [0.2, 0.25) is 0 Å². The third-order valence-electron chi connectivity index (χ3n) is 8.39. The molecule has 8 aromatic rings. The summed E-state index contributed by atoms with van der Waals surface area (Å²) in [5.41, 5.74) is 6.77. The largest absolute Gasteiger partial charge is 0.341 e. The first-order valence-electron chi connectivity index (χ1n) is 14.2. The number of aromatic nitrogens is 4. The molecular formula is C36H30N4. The van der Waals surface area contributed by atoms with Gasteiger partial charge in [0, 0.05) is 33.4 Å². The number of rotatable bonds is 3. The van der Waals surface area contributed by atoms with E-state index in [-0.39, 0.29) is 0 Å². The van der Waals surface area contributed by atoms with Crippen molar-refractivity contribution in [1.29, 1.82) is 0 Å². The second-order valence-corrected chi connectivity index (χ2v) is 11.6. The molecule has 40 heavy (non-hydrogen) atoms. The zero-order valence-corrected chi connectivity index (χ0v) is 23.1. The fraction of sp³-hybridized carbons (Fsp3) is 0.167. The van der Waals surface area contributed by atoms with E-state index in [0.717, 1.165) is 33.7 Å². The van der Waals surface area contributed by atoms with Gasteiger partial charge in [-0.25, -0.2) is 9.97 Å². The maximum absolute atomic E-state index is 5.01. The van der Waals surface area contributed by atoms with Crippen LogP contribution in [-0.4, -0.2) is 19.9 Å². The Balaban J connectivity index is 1.41. The summed E-state index contributed by atoms with van der Waals surface area (Å²) < 4.78 is 0. The van der Waals surface area contributed by atoms with Crippen LogP contribution in [0, 0.1) is 0 Å². The van der Waals surface area contributed by atoms with Gasteiger partial charge in [-0.15, -0.1) is 0 Å². The van der Waals surface area contributed by atoms with Gasteiger partial charge in [-0.05, 0) is 44.8 Å². The Hall–Kier alpha value is -4.70. The lowest BCUT2D eigenvalue weighted by molar-refractivity contribution is 0.799. The standard InChI is InChI=1S/C36H30N4/c1-19(2)35-37-31-25-11-7-5-9-23(25)29-17-21(13-15-27(29)33(31)39-35)22-14-16-28-30(18-22)24-10-6-8-12-26(24)32-34(28)40-36(38-32)20(3)4/h5-20H,1-4H3,(H,37,39)(H,38,40). The summed E-state index contributed by atoms with van der Waals surface area (Å²) in [5.74, 6) is 2.74. The molecule has 0 saturated carbocycles. The molecular weight excluding hydrogens is 488 g/mol. The maximum Gasteiger partial charge on any atom is 0.109 e. The number of imidazole rings is 2. The minimum atomic E-state index is 0.339. The minimum Gasteiger partial charge on any atom is -0.341 e. The molecule has 0 unspecified atom stereocenters. The van der Waals surface area contributed by atoms with Gasteiger partial charge in [0.05, 0.1) is 22.1 Å². The van der Waals surface area contributed by atoms with Crippen molar-refractivity contribution in [3.63, 3.8) is 0 Å². The summed E-state index contributed by atoms with van der Waals surface area (Å²) in [6, 6.07) is 31.0. The van der Waals surface area contributed by atoms with Crippen molar-refractivity contribution in [2.75, 3.05) is 0 Å². The van der Waals surface area contributed by atoms with Gasteiger partial charge >= 0.3 is 0 Å². The quantitative estimate of drug-likeness (QED) is 0.229. The molecule has 2 N–H and O–H groups in total. The van der Waals surface area contributed by atoms with Crippen molar-refractivity contribution in [1.82, 2.24) is 19.9 Å². The number of nitrogens with one attached hydrogen (secondary N) is 2. The van der Waals surface area contributed by atoms with Gasteiger partial charge in [0.25, 0.3) is 0 Å². The van der Waals surface area contributed by atoms with E-state index in [1.54, 1.807) is 0 Å². The van der Waals surface area contributed by atoms with Gasteiger partial charge < -0.3 is 9.97 Å². The van der Waals surface area contributed by atoms with Crippen LogP contribution in [0.5, 0.6) is 0 Å². The molecule has 194 valence electrons. The Bertz CT molecular complexity index is 2120. The molecule has 0 fully saturated rings. The molecule has 0 saturated heterocycles. The molecule has 2 aromatic heterocycles. The van der Waals surface area contributed by atoms with Crippen molar-refractivity contribution >= 4 is 65.2 Å². The molecule has 6 aromatic carbocycles. The van der Waals surface area contributed by atoms with Crippen LogP contribution in [-0.2, 0) is 0 Å². The van der Waals surface area contributed by atoms with Crippen LogP contribution < -0.4 is 0 Å². The number of hydrogen-bond donors (Lipinski definition) is 2. The summed E-state index contributed by atoms with van der Waals surface area (Å²) in [7, 11) is 0. The average Bonchev–Trinajstić information content (AvgIpc) is 3.64. The van der Waals surface area contributed by atoms with Gasteiger partial charge in [0.15, 0.2) is 0 Å². The Labute approximate surface area is 232 Å². The lowest BCUT2D eigenvalue weighted by Gasteiger charge is -2.11.